The van der Waals surface area contributed by atoms with E-state index in [4.69, 9.17) is 9.47 Å². The van der Waals surface area contributed by atoms with Crippen molar-refractivity contribution >= 4 is 14.3 Å². The Labute approximate surface area is 526 Å². The van der Waals surface area contributed by atoms with Gasteiger partial charge in [0.2, 0.25) is 0 Å². The Bertz CT molecular complexity index is 1930. The van der Waals surface area contributed by atoms with Crippen LogP contribution in [0.4, 0.5) is 0 Å². The van der Waals surface area contributed by atoms with Crippen molar-refractivity contribution in [2.45, 2.75) is 382 Å². The Balaban J connectivity index is 0.945. The van der Waals surface area contributed by atoms with Gasteiger partial charge in [0.05, 0.1) is 26.5 Å². The Kier molecular flexibility index (Phi) is 25.1. The van der Waals surface area contributed by atoms with Gasteiger partial charge in [-0.3, -0.25) is 0 Å². The fraction of sp³-hybridized carbons (Fsp3) is 0.949. The van der Waals surface area contributed by atoms with Crippen LogP contribution in [-0.4, -0.2) is 59.4 Å². The number of hydrogen-bond acceptors (Lipinski definition) is 4. The molecule has 0 aromatic rings. The molecule has 6 heteroatoms. The average molecular weight is 1210 g/mol. The number of hydrogen-bond donors (Lipinski definition) is 0. The molecule has 11 rings (SSSR count). The molecule has 11 aliphatic rings. The van der Waals surface area contributed by atoms with Crippen molar-refractivity contribution in [2.75, 3.05) is 13.2 Å². The zero-order valence-electron chi connectivity index (χ0n) is 56.2. The summed E-state index contributed by atoms with van der Waals surface area (Å²) in [4.78, 5) is 0. The molecule has 4 nitrogen and oxygen atoms in total. The molecule has 0 bridgehead atoms. The van der Waals surface area contributed by atoms with Crippen molar-refractivity contribution in [1.29, 1.82) is 0 Å². The fourth-order valence-corrected chi connectivity index (χ4v) is 35.2. The van der Waals surface area contributed by atoms with Gasteiger partial charge in [-0.25, -0.2) is 0 Å². The van der Waals surface area contributed by atoms with Crippen molar-refractivity contribution in [1.82, 2.24) is 0 Å². The molecule has 0 aromatic heterocycles. The van der Waals surface area contributed by atoms with Gasteiger partial charge < -0.3 is 18.6 Å². The SMILES string of the molecule is CCCCCCOC1CCC(C2(C3CCC(OCCCCCC)C(/C=C/C4CCCCC4P(=O)(C4CCCCC4)C4CCCCC4)C3)C3CC(C)CCC3C3CCC(C)CC32)CC1/C=C/C1CCCCC1P(=O)(C1CCCCC1)C1CCCCC1. The van der Waals surface area contributed by atoms with Gasteiger partial charge in [0.15, 0.2) is 0 Å². The molecule has 11 aliphatic carbocycles. The van der Waals surface area contributed by atoms with Crippen LogP contribution in [-0.2, 0) is 18.6 Å². The van der Waals surface area contributed by atoms with Gasteiger partial charge >= 0.3 is 0 Å². The first-order valence-electron chi connectivity index (χ1n) is 39.5. The number of allylic oxidation sites excluding steroid dienone is 2. The summed E-state index contributed by atoms with van der Waals surface area (Å²) in [7, 11) is -4.79. The lowest BCUT2D eigenvalue weighted by Gasteiger charge is -2.59. The molecule has 0 aliphatic heterocycles. The highest BCUT2D eigenvalue weighted by molar-refractivity contribution is 7.66. The Hall–Kier alpha value is -0.140. The van der Waals surface area contributed by atoms with E-state index in [9.17, 15) is 0 Å². The largest absolute Gasteiger partial charge is 0.378 e. The third-order valence-electron chi connectivity index (χ3n) is 28.3. The van der Waals surface area contributed by atoms with Gasteiger partial charge in [-0.2, -0.15) is 0 Å². The lowest BCUT2D eigenvalue weighted by Crippen LogP contribution is -2.53. The van der Waals surface area contributed by atoms with Crippen LogP contribution in [0.15, 0.2) is 24.3 Å². The Morgan fingerprint density at radius 1 is 0.353 bits per heavy atom. The zero-order valence-corrected chi connectivity index (χ0v) is 58.0. The standard InChI is InChI=1S/C79H136O4P2/c1-5-7-9-27-53-82-75-51-47-65(57-63(75)45-43-61-29-23-25-39-77(61)84(80,67-31-15-11-16-32-67)68-33-17-12-18-34-68)79(73-55-59(3)41-49-71(73)72-50-42-60(4)56-74(72)79)66-48-52-76(83-54-28-10-8-6-2)64(58-66)46-44-62-30-24-26-40-78(62)85(81,69-35-19-13-20-36-69)70-37-21-14-22-38-70/h43-46,59-78H,5-42,47-58H2,1-4H3/b45-43+,46-44+. The van der Waals surface area contributed by atoms with E-state index in [0.717, 1.165) is 60.6 Å². The van der Waals surface area contributed by atoms with Gasteiger partial charge in [0.1, 0.15) is 0 Å². The van der Waals surface area contributed by atoms with E-state index in [-0.39, 0.29) is 0 Å². The van der Waals surface area contributed by atoms with Crippen molar-refractivity contribution in [3.05, 3.63) is 24.3 Å². The van der Waals surface area contributed by atoms with Crippen LogP contribution in [0.3, 0.4) is 0 Å². The predicted octanol–water partition coefficient (Wildman–Crippen LogP) is 24.1. The molecular formula is C79H136O4P2. The molecule has 0 heterocycles. The molecule has 0 aromatic carbocycles. The molecule has 486 valence electrons. The summed E-state index contributed by atoms with van der Waals surface area (Å²) in [5.41, 5.74) is 3.17. The van der Waals surface area contributed by atoms with Crippen LogP contribution in [0.2, 0.25) is 0 Å². The minimum atomic E-state index is -2.40. The van der Waals surface area contributed by atoms with Gasteiger partial charge in [0, 0.05) is 59.0 Å². The van der Waals surface area contributed by atoms with Crippen molar-refractivity contribution in [3.8, 4) is 0 Å². The third-order valence-corrected chi connectivity index (χ3v) is 38.3. The fourth-order valence-electron chi connectivity index (χ4n) is 24.3. The first-order chi connectivity index (χ1) is 41.7. The molecule has 0 amide bonds. The van der Waals surface area contributed by atoms with Crippen molar-refractivity contribution < 1.29 is 18.6 Å². The molecule has 11 fully saturated rings. The van der Waals surface area contributed by atoms with Crippen LogP contribution >= 0.6 is 14.3 Å². The molecule has 0 saturated heterocycles. The summed E-state index contributed by atoms with van der Waals surface area (Å²) in [5.74, 6) is 8.51. The number of ether oxygens (including phenoxy) is 2. The Morgan fingerprint density at radius 3 is 1.06 bits per heavy atom. The molecule has 0 N–H and O–H groups in total. The number of unbranched alkanes of at least 4 members (excludes halogenated alkanes) is 6. The van der Waals surface area contributed by atoms with E-state index >= 15 is 9.13 Å². The van der Waals surface area contributed by atoms with E-state index < -0.39 is 14.3 Å². The quantitative estimate of drug-likeness (QED) is 0.0549. The van der Waals surface area contributed by atoms with Crippen LogP contribution in [0, 0.1) is 76.4 Å². The Morgan fingerprint density at radius 2 is 0.694 bits per heavy atom. The average Bonchev–Trinajstić information content (AvgIpc) is 1.63. The topological polar surface area (TPSA) is 52.6 Å². The summed E-state index contributed by atoms with van der Waals surface area (Å²) >= 11 is 0. The summed E-state index contributed by atoms with van der Waals surface area (Å²) < 4.78 is 47.9. The smallest absolute Gasteiger partial charge is 0.0970 e. The highest BCUT2D eigenvalue weighted by Crippen LogP contribution is 2.75. The molecule has 11 saturated carbocycles. The number of fused-ring (bicyclic) bond motifs is 3. The molecule has 0 spiro atoms. The monoisotopic (exact) mass is 1210 g/mol. The first-order valence-corrected chi connectivity index (χ1v) is 43.3. The van der Waals surface area contributed by atoms with Gasteiger partial charge in [-0.1, -0.05) is 206 Å². The molecule has 0 radical (unpaired) electrons. The minimum Gasteiger partial charge on any atom is -0.378 e. The molecule has 16 unspecified atom stereocenters. The lowest BCUT2D eigenvalue weighted by atomic mass is 9.46. The normalized spacial score (nSPS) is 40.2. The van der Waals surface area contributed by atoms with Crippen LogP contribution in [0.1, 0.15) is 336 Å². The maximum Gasteiger partial charge on any atom is 0.0970 e. The second-order valence-electron chi connectivity index (χ2n) is 33.2. The van der Waals surface area contributed by atoms with Crippen molar-refractivity contribution in [2.24, 2.45) is 76.4 Å². The van der Waals surface area contributed by atoms with Gasteiger partial charge in [-0.15, -0.1) is 0 Å². The van der Waals surface area contributed by atoms with Crippen molar-refractivity contribution in [3.63, 3.8) is 0 Å². The van der Waals surface area contributed by atoms with E-state index in [0.29, 0.717) is 75.2 Å². The predicted molar refractivity (Wildman–Crippen MR) is 364 cm³/mol. The minimum absolute atomic E-state index is 0.314. The van der Waals surface area contributed by atoms with E-state index in [1.54, 1.807) is 0 Å². The highest BCUT2D eigenvalue weighted by atomic mass is 31.2. The third kappa shape index (κ3) is 15.0. The maximum absolute atomic E-state index is 16.6. The summed E-state index contributed by atoms with van der Waals surface area (Å²) in [6.07, 6.45) is 74.9. The van der Waals surface area contributed by atoms with E-state index in [1.165, 1.54) is 308 Å². The van der Waals surface area contributed by atoms with E-state index in [2.05, 4.69) is 52.0 Å². The van der Waals surface area contributed by atoms with Crippen LogP contribution in [0.25, 0.3) is 0 Å². The summed E-state index contributed by atoms with van der Waals surface area (Å²) in [6.45, 7) is 11.9. The first kappa shape index (κ1) is 66.3. The lowest BCUT2D eigenvalue weighted by molar-refractivity contribution is -0.124. The molecule has 16 atom stereocenters. The zero-order chi connectivity index (χ0) is 58.6. The van der Waals surface area contributed by atoms with Crippen LogP contribution in [0.5, 0.6) is 0 Å². The van der Waals surface area contributed by atoms with Gasteiger partial charge in [-0.05, 0) is 219 Å². The molecule has 85 heavy (non-hydrogen) atoms. The summed E-state index contributed by atoms with van der Waals surface area (Å²) in [6, 6.07) is 0. The van der Waals surface area contributed by atoms with Crippen LogP contribution < -0.4 is 0 Å². The van der Waals surface area contributed by atoms with E-state index in [1.807, 2.05) is 0 Å². The summed E-state index contributed by atoms with van der Waals surface area (Å²) in [5, 5.41) is 0. The maximum atomic E-state index is 16.6. The van der Waals surface area contributed by atoms with Gasteiger partial charge in [0.25, 0.3) is 0 Å². The second-order valence-corrected chi connectivity index (χ2v) is 40.5. The number of rotatable bonds is 24. The molecular weight excluding hydrogens is 1070 g/mol. The highest BCUT2D eigenvalue weighted by Gasteiger charge is 2.67. The second kappa shape index (κ2) is 32.1.